The molecule has 19 heavy (non-hydrogen) atoms. The number of ether oxygens (including phenoxy) is 1. The van der Waals surface area contributed by atoms with Crippen molar-refractivity contribution in [2.45, 2.75) is 57.5 Å². The van der Waals surface area contributed by atoms with Crippen LogP contribution in [-0.4, -0.2) is 23.8 Å². The maximum Gasteiger partial charge on any atom is 0.234 e. The average Bonchev–Trinajstić information content (AvgIpc) is 2.92. The van der Waals surface area contributed by atoms with Gasteiger partial charge in [-0.15, -0.1) is 0 Å². The molecule has 0 radical (unpaired) electrons. The van der Waals surface area contributed by atoms with E-state index in [1.165, 1.54) is 12.8 Å². The summed E-state index contributed by atoms with van der Waals surface area (Å²) < 4.78 is 10.9. The van der Waals surface area contributed by atoms with E-state index in [1.54, 1.807) is 7.11 Å². The number of aromatic nitrogens is 2. The number of rotatable bonds is 5. The molecule has 5 nitrogen and oxygen atoms in total. The van der Waals surface area contributed by atoms with Gasteiger partial charge < -0.3 is 15.0 Å². The molecule has 1 aromatic heterocycles. The smallest absolute Gasteiger partial charge is 0.234 e. The minimum atomic E-state index is -0.121. The molecule has 1 unspecified atom stereocenters. The first-order chi connectivity index (χ1) is 9.15. The molecule has 1 fully saturated rings. The molecule has 0 spiro atoms. The lowest BCUT2D eigenvalue weighted by atomic mass is 9.71. The molecule has 1 aliphatic carbocycles. The number of hydrogen-bond acceptors (Lipinski definition) is 5. The Labute approximate surface area is 114 Å². The van der Waals surface area contributed by atoms with Crippen LogP contribution < -0.4 is 5.73 Å². The van der Waals surface area contributed by atoms with Gasteiger partial charge in [-0.3, -0.25) is 0 Å². The summed E-state index contributed by atoms with van der Waals surface area (Å²) in [4.78, 5) is 4.56. The van der Waals surface area contributed by atoms with E-state index < -0.39 is 0 Å². The summed E-state index contributed by atoms with van der Waals surface area (Å²) in [5.74, 6) is 2.11. The molecule has 1 heterocycles. The van der Waals surface area contributed by atoms with Crippen LogP contribution in [0.2, 0.25) is 0 Å². The molecule has 1 aromatic rings. The van der Waals surface area contributed by atoms with E-state index in [-0.39, 0.29) is 11.5 Å². The molecule has 1 atom stereocenters. The van der Waals surface area contributed by atoms with Crippen molar-refractivity contribution < 1.29 is 9.26 Å². The molecule has 108 valence electrons. The normalized spacial score (nSPS) is 29.4. The van der Waals surface area contributed by atoms with Crippen molar-refractivity contribution in [2.24, 2.45) is 11.7 Å². The van der Waals surface area contributed by atoms with Gasteiger partial charge in [-0.05, 0) is 38.0 Å². The number of hydrogen-bond donors (Lipinski definition) is 1. The van der Waals surface area contributed by atoms with Gasteiger partial charge in [-0.1, -0.05) is 19.0 Å². The van der Waals surface area contributed by atoms with E-state index in [4.69, 9.17) is 15.0 Å². The fraction of sp³-hybridized carbons (Fsp3) is 0.857. The van der Waals surface area contributed by atoms with Crippen LogP contribution in [-0.2, 0) is 10.2 Å². The molecule has 0 bridgehead atoms. The van der Waals surface area contributed by atoms with Gasteiger partial charge in [0, 0.05) is 13.7 Å². The summed E-state index contributed by atoms with van der Waals surface area (Å²) >= 11 is 0. The van der Waals surface area contributed by atoms with Crippen LogP contribution in [0.3, 0.4) is 0 Å². The third kappa shape index (κ3) is 2.82. The van der Waals surface area contributed by atoms with E-state index >= 15 is 0 Å². The Kier molecular flexibility index (Phi) is 4.58. The van der Waals surface area contributed by atoms with E-state index in [2.05, 4.69) is 17.1 Å². The third-order valence-electron chi connectivity index (χ3n) is 4.46. The quantitative estimate of drug-likeness (QED) is 0.887. The van der Waals surface area contributed by atoms with Gasteiger partial charge in [0.15, 0.2) is 0 Å². The molecule has 0 saturated heterocycles. The van der Waals surface area contributed by atoms with Gasteiger partial charge >= 0.3 is 0 Å². The minimum Gasteiger partial charge on any atom is -0.373 e. The lowest BCUT2D eigenvalue weighted by Gasteiger charge is -2.35. The van der Waals surface area contributed by atoms with Crippen LogP contribution in [0, 0.1) is 5.92 Å². The summed E-state index contributed by atoms with van der Waals surface area (Å²) in [5.41, 5.74) is 5.89. The first-order valence-corrected chi connectivity index (χ1v) is 7.22. The van der Waals surface area contributed by atoms with Crippen LogP contribution in [0.5, 0.6) is 0 Å². The molecule has 1 aliphatic rings. The minimum absolute atomic E-state index is 0.0881. The topological polar surface area (TPSA) is 74.2 Å². The summed E-state index contributed by atoms with van der Waals surface area (Å²) in [5, 5.41) is 4.08. The molecule has 0 amide bonds. The molecule has 1 saturated carbocycles. The second-order valence-corrected chi connectivity index (χ2v) is 5.76. The Balaban J connectivity index is 2.20. The molecule has 0 aromatic carbocycles. The van der Waals surface area contributed by atoms with E-state index in [0.717, 1.165) is 25.2 Å². The van der Waals surface area contributed by atoms with Crippen molar-refractivity contribution in [3.05, 3.63) is 11.7 Å². The second-order valence-electron chi connectivity index (χ2n) is 5.76. The van der Waals surface area contributed by atoms with E-state index in [1.807, 2.05) is 6.92 Å². The van der Waals surface area contributed by atoms with Gasteiger partial charge in [0.25, 0.3) is 0 Å². The van der Waals surface area contributed by atoms with Gasteiger partial charge in [0.2, 0.25) is 11.7 Å². The Hall–Kier alpha value is -0.940. The summed E-state index contributed by atoms with van der Waals surface area (Å²) in [6.45, 7) is 4.91. The largest absolute Gasteiger partial charge is 0.373 e. The fourth-order valence-electron chi connectivity index (χ4n) is 2.86. The summed E-state index contributed by atoms with van der Waals surface area (Å²) in [6.07, 6.45) is 5.18. The van der Waals surface area contributed by atoms with Crippen molar-refractivity contribution in [3.8, 4) is 0 Å². The second kappa shape index (κ2) is 6.01. The van der Waals surface area contributed by atoms with Crippen molar-refractivity contribution in [2.75, 3.05) is 13.7 Å². The highest BCUT2D eigenvalue weighted by Gasteiger charge is 2.40. The van der Waals surface area contributed by atoms with Crippen LogP contribution in [0.25, 0.3) is 0 Å². The maximum absolute atomic E-state index is 6.01. The van der Waals surface area contributed by atoms with Crippen LogP contribution in [0.4, 0.5) is 0 Å². The molecule has 2 rings (SSSR count). The van der Waals surface area contributed by atoms with Gasteiger partial charge in [0.05, 0.1) is 5.41 Å². The lowest BCUT2D eigenvalue weighted by molar-refractivity contribution is 0.0903. The van der Waals surface area contributed by atoms with Gasteiger partial charge in [0.1, 0.15) is 6.10 Å². The highest BCUT2D eigenvalue weighted by molar-refractivity contribution is 5.09. The van der Waals surface area contributed by atoms with Crippen molar-refractivity contribution in [1.82, 2.24) is 10.1 Å². The standard InChI is InChI=1S/C14H25N3O2/c1-4-11(18-3)12-16-13(19-17-12)14(9-15)7-5-10(2)6-8-14/h10-11H,4-9,15H2,1-3H3. The summed E-state index contributed by atoms with van der Waals surface area (Å²) in [6, 6.07) is 0. The van der Waals surface area contributed by atoms with Crippen molar-refractivity contribution in [1.29, 1.82) is 0 Å². The predicted octanol–water partition coefficient (Wildman–Crippen LogP) is 2.57. The molecule has 0 aliphatic heterocycles. The van der Waals surface area contributed by atoms with Crippen molar-refractivity contribution >= 4 is 0 Å². The zero-order chi connectivity index (χ0) is 13.9. The Morgan fingerprint density at radius 3 is 2.68 bits per heavy atom. The molecular formula is C14H25N3O2. The Bertz CT molecular complexity index is 393. The van der Waals surface area contributed by atoms with Gasteiger partial charge in [-0.2, -0.15) is 4.98 Å². The maximum atomic E-state index is 6.01. The highest BCUT2D eigenvalue weighted by atomic mass is 16.5. The number of nitrogens with two attached hydrogens (primary N) is 1. The monoisotopic (exact) mass is 267 g/mol. The van der Waals surface area contributed by atoms with Gasteiger partial charge in [-0.25, -0.2) is 0 Å². The zero-order valence-corrected chi connectivity index (χ0v) is 12.2. The molecule has 2 N–H and O–H groups in total. The SMILES string of the molecule is CCC(OC)c1noc(C2(CN)CCC(C)CC2)n1. The molecule has 5 heteroatoms. The van der Waals surface area contributed by atoms with Crippen LogP contribution >= 0.6 is 0 Å². The molecular weight excluding hydrogens is 242 g/mol. The fourth-order valence-corrected chi connectivity index (χ4v) is 2.86. The Morgan fingerprint density at radius 1 is 1.47 bits per heavy atom. The summed E-state index contributed by atoms with van der Waals surface area (Å²) in [7, 11) is 1.67. The number of methoxy groups -OCH3 is 1. The predicted molar refractivity (Wildman–Crippen MR) is 72.7 cm³/mol. The van der Waals surface area contributed by atoms with Crippen LogP contribution in [0.15, 0.2) is 4.52 Å². The lowest BCUT2D eigenvalue weighted by Crippen LogP contribution is -2.39. The first kappa shape index (κ1) is 14.5. The third-order valence-corrected chi connectivity index (χ3v) is 4.46. The van der Waals surface area contributed by atoms with Crippen LogP contribution in [0.1, 0.15) is 63.8 Å². The number of nitrogens with zero attached hydrogens (tertiary/aromatic N) is 2. The highest BCUT2D eigenvalue weighted by Crippen LogP contribution is 2.40. The van der Waals surface area contributed by atoms with Crippen molar-refractivity contribution in [3.63, 3.8) is 0 Å². The van der Waals surface area contributed by atoms with E-state index in [0.29, 0.717) is 18.3 Å². The zero-order valence-electron chi connectivity index (χ0n) is 12.2. The Morgan fingerprint density at radius 2 is 2.16 bits per heavy atom. The first-order valence-electron chi connectivity index (χ1n) is 7.22. The van der Waals surface area contributed by atoms with E-state index in [9.17, 15) is 0 Å². The average molecular weight is 267 g/mol.